The summed E-state index contributed by atoms with van der Waals surface area (Å²) in [4.78, 5) is 0. The lowest BCUT2D eigenvalue weighted by atomic mass is 9.98. The molecule has 1 aliphatic rings. The van der Waals surface area contributed by atoms with Crippen LogP contribution in [0, 0.1) is 0 Å². The van der Waals surface area contributed by atoms with Crippen molar-refractivity contribution in [3.63, 3.8) is 0 Å². The van der Waals surface area contributed by atoms with E-state index in [0.29, 0.717) is 0 Å². The van der Waals surface area contributed by atoms with Gasteiger partial charge in [-0.25, -0.2) is 0 Å². The number of hydrogen-bond donors (Lipinski definition) is 5. The minimum absolute atomic E-state index is 0.0727. The molecule has 20 heavy (non-hydrogen) atoms. The van der Waals surface area contributed by atoms with Crippen LogP contribution in [0.15, 0.2) is 30.3 Å². The van der Waals surface area contributed by atoms with E-state index in [-0.39, 0.29) is 6.61 Å². The molecule has 0 aromatic heterocycles. The van der Waals surface area contributed by atoms with Crippen molar-refractivity contribution in [2.45, 2.75) is 43.6 Å². The Kier molecular flexibility index (Phi) is 5.06. The molecular weight excluding hydrogens is 268 g/mol. The van der Waals surface area contributed by atoms with Gasteiger partial charge in [0.2, 0.25) is 0 Å². The van der Waals surface area contributed by atoms with Crippen LogP contribution in [0.5, 0.6) is 0 Å². The standard InChI is InChI=1S/C13H18O7/c14-8-9(15)11(20-12(17)10(8)16)13(18)19-6-7-4-2-1-3-5-7/h1-5,8-18H,6H2/t8-,9+,10+,11-,12+,13?/m0/s1. The smallest absolute Gasteiger partial charge is 0.184 e. The average Bonchev–Trinajstić information content (AvgIpc) is 2.47. The van der Waals surface area contributed by atoms with Crippen LogP contribution in [-0.4, -0.2) is 62.5 Å². The maximum atomic E-state index is 9.82. The number of aliphatic hydroxyl groups excluding tert-OH is 5. The van der Waals surface area contributed by atoms with Gasteiger partial charge in [0.1, 0.15) is 24.4 Å². The second-order valence-electron chi connectivity index (χ2n) is 4.65. The maximum Gasteiger partial charge on any atom is 0.184 e. The van der Waals surface area contributed by atoms with Crippen molar-refractivity contribution in [3.8, 4) is 0 Å². The van der Waals surface area contributed by atoms with Crippen molar-refractivity contribution < 1.29 is 35.0 Å². The Hall–Kier alpha value is -1.06. The van der Waals surface area contributed by atoms with Crippen LogP contribution >= 0.6 is 0 Å². The summed E-state index contributed by atoms with van der Waals surface area (Å²) in [5.74, 6) is 0. The predicted molar refractivity (Wildman–Crippen MR) is 66.1 cm³/mol. The first-order valence-electron chi connectivity index (χ1n) is 6.22. The highest BCUT2D eigenvalue weighted by Gasteiger charge is 2.46. The molecule has 1 aromatic rings. The molecule has 1 aliphatic heterocycles. The molecule has 0 amide bonds. The van der Waals surface area contributed by atoms with Gasteiger partial charge in [0.25, 0.3) is 0 Å². The van der Waals surface area contributed by atoms with E-state index < -0.39 is 37.0 Å². The monoisotopic (exact) mass is 286 g/mol. The lowest BCUT2D eigenvalue weighted by Crippen LogP contribution is -2.60. The first-order chi connectivity index (χ1) is 9.50. The largest absolute Gasteiger partial charge is 0.387 e. The Bertz CT molecular complexity index is 412. The van der Waals surface area contributed by atoms with E-state index in [2.05, 4.69) is 0 Å². The molecule has 2 rings (SSSR count). The zero-order valence-electron chi connectivity index (χ0n) is 10.6. The van der Waals surface area contributed by atoms with Crippen molar-refractivity contribution in [1.82, 2.24) is 0 Å². The quantitative estimate of drug-likeness (QED) is 0.419. The fourth-order valence-electron chi connectivity index (χ4n) is 1.97. The summed E-state index contributed by atoms with van der Waals surface area (Å²) in [6, 6.07) is 9.03. The third-order valence-electron chi connectivity index (χ3n) is 3.17. The maximum absolute atomic E-state index is 9.82. The van der Waals surface area contributed by atoms with Gasteiger partial charge in [-0.05, 0) is 5.56 Å². The topological polar surface area (TPSA) is 120 Å². The summed E-state index contributed by atoms with van der Waals surface area (Å²) >= 11 is 0. The van der Waals surface area contributed by atoms with Crippen LogP contribution in [0.25, 0.3) is 0 Å². The third-order valence-corrected chi connectivity index (χ3v) is 3.17. The lowest BCUT2D eigenvalue weighted by molar-refractivity contribution is -0.324. The van der Waals surface area contributed by atoms with E-state index in [9.17, 15) is 25.5 Å². The van der Waals surface area contributed by atoms with Gasteiger partial charge >= 0.3 is 0 Å². The van der Waals surface area contributed by atoms with Crippen LogP contribution in [0.1, 0.15) is 5.56 Å². The van der Waals surface area contributed by atoms with Gasteiger partial charge < -0.3 is 35.0 Å². The van der Waals surface area contributed by atoms with Gasteiger partial charge in [-0.2, -0.15) is 0 Å². The highest BCUT2D eigenvalue weighted by Crippen LogP contribution is 2.23. The average molecular weight is 286 g/mol. The molecule has 1 unspecified atom stereocenters. The minimum atomic E-state index is -1.70. The molecule has 7 heteroatoms. The van der Waals surface area contributed by atoms with Crippen LogP contribution in [0.3, 0.4) is 0 Å². The van der Waals surface area contributed by atoms with Crippen LogP contribution in [0.2, 0.25) is 0 Å². The van der Waals surface area contributed by atoms with E-state index in [1.54, 1.807) is 24.3 Å². The molecule has 1 heterocycles. The van der Waals surface area contributed by atoms with E-state index in [1.165, 1.54) is 0 Å². The molecule has 0 saturated carbocycles. The van der Waals surface area contributed by atoms with Gasteiger partial charge in [-0.1, -0.05) is 30.3 Å². The summed E-state index contributed by atoms with van der Waals surface area (Å²) in [5.41, 5.74) is 0.804. The Morgan fingerprint density at radius 1 is 1.00 bits per heavy atom. The second-order valence-corrected chi connectivity index (χ2v) is 4.65. The molecular formula is C13H18O7. The molecule has 0 bridgehead atoms. The zero-order valence-corrected chi connectivity index (χ0v) is 10.6. The molecule has 1 fully saturated rings. The van der Waals surface area contributed by atoms with E-state index in [1.807, 2.05) is 6.07 Å². The first kappa shape index (κ1) is 15.3. The second kappa shape index (κ2) is 6.59. The summed E-state index contributed by atoms with van der Waals surface area (Å²) in [6.45, 7) is 0.0727. The first-order valence-corrected chi connectivity index (χ1v) is 6.22. The Morgan fingerprint density at radius 3 is 2.30 bits per heavy atom. The van der Waals surface area contributed by atoms with E-state index in [4.69, 9.17) is 9.47 Å². The number of hydrogen-bond acceptors (Lipinski definition) is 7. The number of benzene rings is 1. The molecule has 6 atom stereocenters. The van der Waals surface area contributed by atoms with Gasteiger partial charge in [0.05, 0.1) is 6.61 Å². The molecule has 1 aromatic carbocycles. The van der Waals surface area contributed by atoms with Crippen molar-refractivity contribution in [3.05, 3.63) is 35.9 Å². The predicted octanol–water partition coefficient (Wildman–Crippen LogP) is -1.68. The summed E-state index contributed by atoms with van der Waals surface area (Å²) in [5, 5.41) is 47.7. The number of rotatable bonds is 4. The van der Waals surface area contributed by atoms with Gasteiger partial charge in [0.15, 0.2) is 12.6 Å². The van der Waals surface area contributed by atoms with Gasteiger partial charge in [0, 0.05) is 0 Å². The molecule has 5 N–H and O–H groups in total. The number of aliphatic hydroxyl groups is 5. The van der Waals surface area contributed by atoms with Crippen LogP contribution < -0.4 is 0 Å². The fraction of sp³-hybridized carbons (Fsp3) is 0.538. The Balaban J connectivity index is 1.93. The van der Waals surface area contributed by atoms with E-state index in [0.717, 1.165) is 5.56 Å². The molecule has 0 radical (unpaired) electrons. The molecule has 112 valence electrons. The fourth-order valence-corrected chi connectivity index (χ4v) is 1.97. The Morgan fingerprint density at radius 2 is 1.65 bits per heavy atom. The summed E-state index contributed by atoms with van der Waals surface area (Å²) < 4.78 is 9.99. The molecule has 1 saturated heterocycles. The van der Waals surface area contributed by atoms with Crippen molar-refractivity contribution in [1.29, 1.82) is 0 Å². The van der Waals surface area contributed by atoms with Gasteiger partial charge in [-0.15, -0.1) is 0 Å². The molecule has 0 spiro atoms. The van der Waals surface area contributed by atoms with Crippen molar-refractivity contribution in [2.75, 3.05) is 0 Å². The molecule has 0 aliphatic carbocycles. The SMILES string of the molecule is OC(OCc1ccccc1)[C@H]1O[C@@H](O)[C@H](O)[C@@H](O)[C@H]1O. The zero-order chi connectivity index (χ0) is 14.7. The van der Waals surface area contributed by atoms with Crippen LogP contribution in [-0.2, 0) is 16.1 Å². The minimum Gasteiger partial charge on any atom is -0.387 e. The third kappa shape index (κ3) is 3.33. The summed E-state index contributed by atoms with van der Waals surface area (Å²) in [6.07, 6.45) is -9.44. The number of ether oxygens (including phenoxy) is 2. The Labute approximate surface area is 115 Å². The lowest BCUT2D eigenvalue weighted by Gasteiger charge is -2.39. The van der Waals surface area contributed by atoms with Gasteiger partial charge in [-0.3, -0.25) is 0 Å². The molecule has 7 nitrogen and oxygen atoms in total. The van der Waals surface area contributed by atoms with E-state index >= 15 is 0 Å². The van der Waals surface area contributed by atoms with Crippen molar-refractivity contribution in [2.24, 2.45) is 0 Å². The summed E-state index contributed by atoms with van der Waals surface area (Å²) in [7, 11) is 0. The normalized spacial score (nSPS) is 35.8. The highest BCUT2D eigenvalue weighted by molar-refractivity contribution is 5.13. The van der Waals surface area contributed by atoms with Crippen molar-refractivity contribution >= 4 is 0 Å². The highest BCUT2D eigenvalue weighted by atomic mass is 16.7. The van der Waals surface area contributed by atoms with Crippen LogP contribution in [0.4, 0.5) is 0 Å².